The van der Waals surface area contributed by atoms with Crippen LogP contribution in [0.2, 0.25) is 0 Å². The van der Waals surface area contributed by atoms with E-state index < -0.39 is 0 Å². The van der Waals surface area contributed by atoms with Crippen molar-refractivity contribution in [2.75, 3.05) is 13.1 Å². The summed E-state index contributed by atoms with van der Waals surface area (Å²) in [5.41, 5.74) is 8.36. The minimum atomic E-state index is 0.790. The van der Waals surface area contributed by atoms with Crippen molar-refractivity contribution in [2.45, 2.75) is 19.4 Å². The van der Waals surface area contributed by atoms with Gasteiger partial charge >= 0.3 is 0 Å². The summed E-state index contributed by atoms with van der Waals surface area (Å²) < 4.78 is 0. The van der Waals surface area contributed by atoms with Gasteiger partial charge in [0.1, 0.15) is 0 Å². The van der Waals surface area contributed by atoms with E-state index in [2.05, 4.69) is 15.7 Å². The van der Waals surface area contributed by atoms with Gasteiger partial charge in [0.05, 0.1) is 11.2 Å². The molecule has 0 aliphatic rings. The maximum Gasteiger partial charge on any atom is 0.0795 e. The van der Waals surface area contributed by atoms with Crippen LogP contribution in [0.5, 0.6) is 0 Å². The molecule has 0 aliphatic carbocycles. The molecule has 0 aromatic carbocycles. The van der Waals surface area contributed by atoms with E-state index in [1.807, 2.05) is 5.51 Å². The second kappa shape index (κ2) is 6.11. The summed E-state index contributed by atoms with van der Waals surface area (Å²) in [5, 5.41) is 5.38. The van der Waals surface area contributed by atoms with Gasteiger partial charge in [-0.2, -0.15) is 0 Å². The van der Waals surface area contributed by atoms with Crippen LogP contribution >= 0.6 is 11.3 Å². The van der Waals surface area contributed by atoms with E-state index in [-0.39, 0.29) is 0 Å². The average Bonchev–Trinajstić information content (AvgIpc) is 2.57. The van der Waals surface area contributed by atoms with Crippen molar-refractivity contribution in [3.8, 4) is 0 Å². The summed E-state index contributed by atoms with van der Waals surface area (Å²) in [6.07, 6.45) is 2.25. The fourth-order valence-corrected chi connectivity index (χ4v) is 1.49. The Morgan fingerprint density at radius 1 is 1.50 bits per heavy atom. The molecule has 0 aliphatic heterocycles. The molecule has 12 heavy (non-hydrogen) atoms. The van der Waals surface area contributed by atoms with Gasteiger partial charge in [0.2, 0.25) is 0 Å². The summed E-state index contributed by atoms with van der Waals surface area (Å²) in [6, 6.07) is 0. The maximum atomic E-state index is 5.37. The van der Waals surface area contributed by atoms with Gasteiger partial charge in [-0.1, -0.05) is 0 Å². The topological polar surface area (TPSA) is 50.9 Å². The van der Waals surface area contributed by atoms with Crippen molar-refractivity contribution in [1.82, 2.24) is 10.3 Å². The molecule has 0 spiro atoms. The number of rotatable bonds is 6. The SMILES string of the molecule is NCCCCNCc1cscn1. The number of nitrogens with one attached hydrogen (secondary N) is 1. The van der Waals surface area contributed by atoms with Gasteiger partial charge in [0.15, 0.2) is 0 Å². The van der Waals surface area contributed by atoms with Gasteiger partial charge in [-0.25, -0.2) is 4.98 Å². The molecule has 0 saturated heterocycles. The van der Waals surface area contributed by atoms with E-state index in [9.17, 15) is 0 Å². The van der Waals surface area contributed by atoms with Gasteiger partial charge in [-0.15, -0.1) is 11.3 Å². The lowest BCUT2D eigenvalue weighted by molar-refractivity contribution is 0.622. The summed E-state index contributed by atoms with van der Waals surface area (Å²) in [6.45, 7) is 2.71. The standard InChI is InChI=1S/C8H15N3S/c9-3-1-2-4-10-5-8-6-12-7-11-8/h6-7,10H,1-5,9H2. The first-order valence-electron chi connectivity index (χ1n) is 4.21. The molecule has 1 aromatic heterocycles. The molecule has 0 atom stereocenters. The van der Waals surface area contributed by atoms with Crippen molar-refractivity contribution < 1.29 is 0 Å². The second-order valence-corrected chi connectivity index (χ2v) is 3.37. The Labute approximate surface area is 77.0 Å². The molecule has 3 nitrogen and oxygen atoms in total. The number of thiazole rings is 1. The van der Waals surface area contributed by atoms with Crippen molar-refractivity contribution in [3.63, 3.8) is 0 Å². The lowest BCUT2D eigenvalue weighted by atomic mass is 10.3. The number of nitrogens with zero attached hydrogens (tertiary/aromatic N) is 1. The monoisotopic (exact) mass is 185 g/mol. The largest absolute Gasteiger partial charge is 0.330 e. The zero-order valence-electron chi connectivity index (χ0n) is 7.12. The maximum absolute atomic E-state index is 5.37. The zero-order valence-corrected chi connectivity index (χ0v) is 7.94. The fourth-order valence-electron chi connectivity index (χ4n) is 0.936. The molecule has 0 amide bonds. The highest BCUT2D eigenvalue weighted by atomic mass is 32.1. The first-order chi connectivity index (χ1) is 5.93. The number of unbranched alkanes of at least 4 members (excludes halogenated alkanes) is 1. The van der Waals surface area contributed by atoms with Crippen LogP contribution in [0.3, 0.4) is 0 Å². The third kappa shape index (κ3) is 3.80. The molecule has 3 N–H and O–H groups in total. The van der Waals surface area contributed by atoms with E-state index in [4.69, 9.17) is 5.73 Å². The third-order valence-electron chi connectivity index (χ3n) is 1.60. The van der Waals surface area contributed by atoms with Crippen LogP contribution in [0.15, 0.2) is 10.9 Å². The molecule has 1 heterocycles. The van der Waals surface area contributed by atoms with Gasteiger partial charge in [0, 0.05) is 11.9 Å². The number of hydrogen-bond acceptors (Lipinski definition) is 4. The van der Waals surface area contributed by atoms with Crippen LogP contribution in [0.4, 0.5) is 0 Å². The Morgan fingerprint density at radius 3 is 3.08 bits per heavy atom. The Hall–Kier alpha value is -0.450. The molecule has 1 aromatic rings. The normalized spacial score (nSPS) is 10.4. The predicted octanol–water partition coefficient (Wildman–Crippen LogP) is 0.972. The van der Waals surface area contributed by atoms with Crippen LogP contribution in [-0.2, 0) is 6.54 Å². The molecule has 4 heteroatoms. The van der Waals surface area contributed by atoms with Crippen molar-refractivity contribution >= 4 is 11.3 Å². The highest BCUT2D eigenvalue weighted by molar-refractivity contribution is 7.07. The number of hydrogen-bond donors (Lipinski definition) is 2. The van der Waals surface area contributed by atoms with E-state index >= 15 is 0 Å². The van der Waals surface area contributed by atoms with Crippen LogP contribution in [0, 0.1) is 0 Å². The van der Waals surface area contributed by atoms with E-state index in [1.54, 1.807) is 11.3 Å². The molecule has 1 rings (SSSR count). The lowest BCUT2D eigenvalue weighted by Crippen LogP contribution is -2.15. The first-order valence-corrected chi connectivity index (χ1v) is 5.15. The highest BCUT2D eigenvalue weighted by Crippen LogP contribution is 1.99. The number of aromatic nitrogens is 1. The molecule has 0 saturated carbocycles. The Bertz CT molecular complexity index is 186. The number of nitrogens with two attached hydrogens (primary N) is 1. The van der Waals surface area contributed by atoms with E-state index in [0.717, 1.165) is 38.2 Å². The molecular weight excluding hydrogens is 170 g/mol. The smallest absolute Gasteiger partial charge is 0.0795 e. The van der Waals surface area contributed by atoms with Crippen LogP contribution in [-0.4, -0.2) is 18.1 Å². The van der Waals surface area contributed by atoms with Crippen molar-refractivity contribution in [2.24, 2.45) is 5.73 Å². The Kier molecular flexibility index (Phi) is 4.91. The van der Waals surface area contributed by atoms with Gasteiger partial charge in [-0.3, -0.25) is 0 Å². The average molecular weight is 185 g/mol. The quantitative estimate of drug-likeness (QED) is 0.649. The Balaban J connectivity index is 1.96. The van der Waals surface area contributed by atoms with Gasteiger partial charge < -0.3 is 11.1 Å². The molecule has 0 fully saturated rings. The minimum absolute atomic E-state index is 0.790. The Morgan fingerprint density at radius 2 is 2.42 bits per heavy atom. The van der Waals surface area contributed by atoms with E-state index in [0.29, 0.717) is 0 Å². The minimum Gasteiger partial charge on any atom is -0.330 e. The first kappa shape index (κ1) is 9.64. The summed E-state index contributed by atoms with van der Waals surface area (Å²) >= 11 is 1.64. The van der Waals surface area contributed by atoms with Gasteiger partial charge in [0.25, 0.3) is 0 Å². The second-order valence-electron chi connectivity index (χ2n) is 2.65. The molecular formula is C8H15N3S. The molecule has 0 radical (unpaired) electrons. The van der Waals surface area contributed by atoms with E-state index in [1.165, 1.54) is 0 Å². The van der Waals surface area contributed by atoms with Crippen LogP contribution in [0.25, 0.3) is 0 Å². The molecule has 0 bridgehead atoms. The molecule has 0 unspecified atom stereocenters. The predicted molar refractivity (Wildman–Crippen MR) is 52.1 cm³/mol. The summed E-state index contributed by atoms with van der Waals surface area (Å²) in [4.78, 5) is 4.17. The van der Waals surface area contributed by atoms with Crippen LogP contribution < -0.4 is 11.1 Å². The highest BCUT2D eigenvalue weighted by Gasteiger charge is 1.92. The van der Waals surface area contributed by atoms with Crippen molar-refractivity contribution in [3.05, 3.63) is 16.6 Å². The van der Waals surface area contributed by atoms with Crippen molar-refractivity contribution in [1.29, 1.82) is 0 Å². The lowest BCUT2D eigenvalue weighted by Gasteiger charge is -2.00. The molecule has 68 valence electrons. The summed E-state index contributed by atoms with van der Waals surface area (Å²) in [5.74, 6) is 0. The third-order valence-corrected chi connectivity index (χ3v) is 2.23. The summed E-state index contributed by atoms with van der Waals surface area (Å²) in [7, 11) is 0. The fraction of sp³-hybridized carbons (Fsp3) is 0.625. The van der Waals surface area contributed by atoms with Crippen LogP contribution in [0.1, 0.15) is 18.5 Å². The zero-order chi connectivity index (χ0) is 8.65. The van der Waals surface area contributed by atoms with Gasteiger partial charge in [-0.05, 0) is 25.9 Å².